The van der Waals surface area contributed by atoms with Crippen LogP contribution >= 0.6 is 0 Å². The highest BCUT2D eigenvalue weighted by Crippen LogP contribution is 1.92. The van der Waals surface area contributed by atoms with E-state index in [-0.39, 0.29) is 13.2 Å². The maximum absolute atomic E-state index is 11.3. The highest BCUT2D eigenvalue weighted by Gasteiger charge is 1.99. The minimum absolute atomic E-state index is 0.147. The molecule has 2 nitrogen and oxygen atoms in total. The third-order valence-corrected chi connectivity index (χ3v) is 0.677. The zero-order valence-electron chi connectivity index (χ0n) is 4.98. The zero-order valence-corrected chi connectivity index (χ0v) is 4.98. The number of hydrogen-bond donors (Lipinski definition) is 0. The average molecular weight is 139 g/mol. The van der Waals surface area contributed by atoms with E-state index in [0.717, 1.165) is 0 Å². The van der Waals surface area contributed by atoms with Crippen LogP contribution in [-0.4, -0.2) is 26.2 Å². The molecule has 0 atom stereocenters. The lowest BCUT2D eigenvalue weighted by Gasteiger charge is -1.99. The normalized spacial score (nSPS) is 10.7. The lowest BCUT2D eigenvalue weighted by Crippen LogP contribution is -2.05. The highest BCUT2D eigenvalue weighted by molar-refractivity contribution is 4.34. The van der Waals surface area contributed by atoms with Crippen molar-refractivity contribution in [3.63, 3.8) is 0 Å². The Balaban J connectivity index is 2.75. The molecule has 0 aromatic rings. The average Bonchev–Trinajstić information content (AvgIpc) is 1.80. The molecule has 9 heavy (non-hydrogen) atoms. The van der Waals surface area contributed by atoms with Crippen molar-refractivity contribution in [2.45, 2.75) is 12.8 Å². The Kier molecular flexibility index (Phi) is 5.76. The molecule has 0 rings (SSSR count). The molecular formula is C5H9F2O2. The highest BCUT2D eigenvalue weighted by atomic mass is 19.3. The van der Waals surface area contributed by atoms with Crippen LogP contribution < -0.4 is 0 Å². The van der Waals surface area contributed by atoms with E-state index in [1.165, 1.54) is 0 Å². The van der Waals surface area contributed by atoms with Gasteiger partial charge in [-0.05, 0) is 6.42 Å². The number of rotatable bonds is 5. The van der Waals surface area contributed by atoms with Crippen LogP contribution in [0.15, 0.2) is 0 Å². The van der Waals surface area contributed by atoms with E-state index in [0.29, 0.717) is 6.42 Å². The fourth-order valence-corrected chi connectivity index (χ4v) is 0.333. The van der Waals surface area contributed by atoms with Gasteiger partial charge in [0.15, 0.2) is 0 Å². The molecule has 0 amide bonds. The van der Waals surface area contributed by atoms with Gasteiger partial charge in [0.1, 0.15) is 6.61 Å². The Bertz CT molecular complexity index is 58.9. The molecule has 0 aliphatic carbocycles. The molecule has 0 unspecified atom stereocenters. The second-order valence-corrected chi connectivity index (χ2v) is 1.52. The first kappa shape index (κ1) is 8.78. The largest absolute Gasteiger partial charge is 0.375 e. The summed E-state index contributed by atoms with van der Waals surface area (Å²) in [6.45, 7) is -0.670. The molecule has 0 aromatic heterocycles. The van der Waals surface area contributed by atoms with E-state index < -0.39 is 13.0 Å². The third-order valence-electron chi connectivity index (χ3n) is 0.677. The second-order valence-electron chi connectivity index (χ2n) is 1.52. The number of ether oxygens (including phenoxy) is 1. The first-order valence-corrected chi connectivity index (χ1v) is 2.71. The van der Waals surface area contributed by atoms with Crippen molar-refractivity contribution in [1.29, 1.82) is 0 Å². The van der Waals surface area contributed by atoms with Gasteiger partial charge in [-0.2, -0.15) is 0 Å². The standard InChI is InChI=1S/C5H9F2O2/c6-5(7)4-9-3-1-2-8/h5H,1-4H2. The fraction of sp³-hybridized carbons (Fsp3) is 1.00. The predicted molar refractivity (Wildman–Crippen MR) is 27.0 cm³/mol. The van der Waals surface area contributed by atoms with E-state index in [2.05, 4.69) is 4.74 Å². The summed E-state index contributed by atoms with van der Waals surface area (Å²) in [4.78, 5) is 0. The molecule has 0 N–H and O–H groups in total. The van der Waals surface area contributed by atoms with Gasteiger partial charge >= 0.3 is 0 Å². The molecule has 0 heterocycles. The molecule has 0 bridgehead atoms. The van der Waals surface area contributed by atoms with Crippen molar-refractivity contribution in [3.8, 4) is 0 Å². The summed E-state index contributed by atoms with van der Waals surface area (Å²) < 4.78 is 26.9. The summed E-state index contributed by atoms with van der Waals surface area (Å²) in [7, 11) is 0. The molecule has 55 valence electrons. The van der Waals surface area contributed by atoms with Crippen LogP contribution in [0.5, 0.6) is 0 Å². The first-order valence-electron chi connectivity index (χ1n) is 2.71. The summed E-state index contributed by atoms with van der Waals surface area (Å²) in [5.74, 6) is 0. The van der Waals surface area contributed by atoms with E-state index in [9.17, 15) is 13.9 Å². The summed E-state index contributed by atoms with van der Waals surface area (Å²) in [6.07, 6.45) is -2.11. The maximum Gasteiger partial charge on any atom is 0.261 e. The Morgan fingerprint density at radius 2 is 2.11 bits per heavy atom. The van der Waals surface area contributed by atoms with Crippen molar-refractivity contribution in [2.75, 3.05) is 19.8 Å². The van der Waals surface area contributed by atoms with E-state index in [4.69, 9.17) is 0 Å². The van der Waals surface area contributed by atoms with Gasteiger partial charge in [-0.15, -0.1) is 0 Å². The smallest absolute Gasteiger partial charge is 0.261 e. The molecule has 1 radical (unpaired) electrons. The van der Waals surface area contributed by atoms with Crippen LogP contribution in [0.4, 0.5) is 8.78 Å². The molecular weight excluding hydrogens is 130 g/mol. The SMILES string of the molecule is [O]CCCOCC(F)F. The van der Waals surface area contributed by atoms with E-state index in [1.807, 2.05) is 0 Å². The molecule has 0 fully saturated rings. The topological polar surface area (TPSA) is 29.1 Å². The van der Waals surface area contributed by atoms with Crippen LogP contribution in [0.3, 0.4) is 0 Å². The van der Waals surface area contributed by atoms with E-state index in [1.54, 1.807) is 0 Å². The Morgan fingerprint density at radius 1 is 1.44 bits per heavy atom. The quantitative estimate of drug-likeness (QED) is 0.524. The zero-order chi connectivity index (χ0) is 7.11. The molecule has 0 aliphatic heterocycles. The van der Waals surface area contributed by atoms with Gasteiger partial charge in [-0.25, -0.2) is 13.9 Å². The first-order chi connectivity index (χ1) is 4.27. The fourth-order valence-electron chi connectivity index (χ4n) is 0.333. The van der Waals surface area contributed by atoms with Gasteiger partial charge in [-0.3, -0.25) is 0 Å². The third kappa shape index (κ3) is 7.78. The minimum Gasteiger partial charge on any atom is -0.375 e. The molecule has 0 aromatic carbocycles. The van der Waals surface area contributed by atoms with Gasteiger partial charge in [0.05, 0.1) is 6.61 Å². The summed E-state index contributed by atoms with van der Waals surface area (Å²) >= 11 is 0. The van der Waals surface area contributed by atoms with Crippen molar-refractivity contribution in [3.05, 3.63) is 0 Å². The van der Waals surface area contributed by atoms with Crippen LogP contribution in [0.25, 0.3) is 0 Å². The Morgan fingerprint density at radius 3 is 2.56 bits per heavy atom. The molecule has 0 aliphatic rings. The van der Waals surface area contributed by atoms with Gasteiger partial charge in [0, 0.05) is 6.61 Å². The number of hydrogen-bond acceptors (Lipinski definition) is 1. The van der Waals surface area contributed by atoms with Crippen molar-refractivity contribution in [2.24, 2.45) is 0 Å². The van der Waals surface area contributed by atoms with Crippen LogP contribution in [0.1, 0.15) is 6.42 Å². The molecule has 0 saturated heterocycles. The Hall–Kier alpha value is -0.220. The van der Waals surface area contributed by atoms with Crippen molar-refractivity contribution in [1.82, 2.24) is 0 Å². The second kappa shape index (κ2) is 5.91. The monoisotopic (exact) mass is 139 g/mol. The maximum atomic E-state index is 11.3. The van der Waals surface area contributed by atoms with Crippen LogP contribution in [-0.2, 0) is 9.84 Å². The minimum atomic E-state index is -2.42. The van der Waals surface area contributed by atoms with Crippen molar-refractivity contribution < 1.29 is 18.6 Å². The van der Waals surface area contributed by atoms with E-state index >= 15 is 0 Å². The lowest BCUT2D eigenvalue weighted by atomic mass is 10.5. The number of halogens is 2. The van der Waals surface area contributed by atoms with Gasteiger partial charge in [0.25, 0.3) is 6.43 Å². The van der Waals surface area contributed by atoms with Crippen LogP contribution in [0, 0.1) is 0 Å². The lowest BCUT2D eigenvalue weighted by molar-refractivity contribution is 0.0101. The van der Waals surface area contributed by atoms with Gasteiger partial charge in [-0.1, -0.05) is 0 Å². The predicted octanol–water partition coefficient (Wildman–Crippen LogP) is 1.09. The summed E-state index contributed by atoms with van der Waals surface area (Å²) in [5, 5.41) is 9.71. The Labute approximate surface area is 52.4 Å². The molecule has 0 spiro atoms. The molecule has 4 heteroatoms. The molecule has 0 saturated carbocycles. The summed E-state index contributed by atoms with van der Waals surface area (Å²) in [5.41, 5.74) is 0. The van der Waals surface area contributed by atoms with Gasteiger partial charge < -0.3 is 4.74 Å². The van der Waals surface area contributed by atoms with Crippen molar-refractivity contribution >= 4 is 0 Å². The number of alkyl halides is 2. The van der Waals surface area contributed by atoms with Gasteiger partial charge in [0.2, 0.25) is 0 Å². The summed E-state index contributed by atoms with van der Waals surface area (Å²) in [6, 6.07) is 0. The van der Waals surface area contributed by atoms with Crippen LogP contribution in [0.2, 0.25) is 0 Å².